The van der Waals surface area contributed by atoms with Gasteiger partial charge in [0.1, 0.15) is 0 Å². The molecule has 6 nitrogen and oxygen atoms in total. The van der Waals surface area contributed by atoms with E-state index in [1.54, 1.807) is 11.7 Å². The van der Waals surface area contributed by atoms with Crippen LogP contribution in [0.4, 0.5) is 10.6 Å². The lowest BCUT2D eigenvalue weighted by Crippen LogP contribution is -2.33. The van der Waals surface area contributed by atoms with Gasteiger partial charge in [-0.2, -0.15) is 0 Å². The van der Waals surface area contributed by atoms with Crippen molar-refractivity contribution < 1.29 is 4.79 Å². The zero-order chi connectivity index (χ0) is 15.9. The highest BCUT2D eigenvalue weighted by atomic mass is 16.2. The number of anilines is 1. The predicted molar refractivity (Wildman–Crippen MR) is 84.6 cm³/mol. The van der Waals surface area contributed by atoms with E-state index in [0.717, 1.165) is 5.69 Å². The molecule has 2 aromatic rings. The molecule has 2 amide bonds. The highest BCUT2D eigenvalue weighted by Crippen LogP contribution is 2.58. The van der Waals surface area contributed by atoms with Crippen LogP contribution in [0.3, 0.4) is 0 Å². The number of rotatable bonds is 3. The Balaban J connectivity index is 1.66. The van der Waals surface area contributed by atoms with Gasteiger partial charge in [-0.1, -0.05) is 49.4 Å². The summed E-state index contributed by atoms with van der Waals surface area (Å²) in [6.07, 6.45) is 0. The van der Waals surface area contributed by atoms with Crippen molar-refractivity contribution in [1.82, 2.24) is 20.3 Å². The quantitative estimate of drug-likeness (QED) is 0.914. The Morgan fingerprint density at radius 3 is 2.55 bits per heavy atom. The minimum absolute atomic E-state index is 0.0517. The molecule has 0 saturated heterocycles. The lowest BCUT2D eigenvalue weighted by molar-refractivity contribution is 0.250. The molecule has 0 spiro atoms. The van der Waals surface area contributed by atoms with E-state index in [1.165, 1.54) is 5.56 Å². The second-order valence-corrected chi connectivity index (χ2v) is 6.43. The lowest BCUT2D eigenvalue weighted by atomic mass is 10.0. The van der Waals surface area contributed by atoms with Gasteiger partial charge in [0, 0.05) is 19.0 Å². The van der Waals surface area contributed by atoms with E-state index < -0.39 is 0 Å². The number of carbonyl (C=O) groups excluding carboxylic acids is 1. The second-order valence-electron chi connectivity index (χ2n) is 6.43. The smallest absolute Gasteiger partial charge is 0.320 e. The minimum atomic E-state index is -0.236. The number of carbonyl (C=O) groups is 1. The first-order valence-corrected chi connectivity index (χ1v) is 7.40. The summed E-state index contributed by atoms with van der Waals surface area (Å²) in [6.45, 7) is 6.20. The highest BCUT2D eigenvalue weighted by molar-refractivity contribution is 5.89. The van der Waals surface area contributed by atoms with Crippen molar-refractivity contribution in [3.05, 3.63) is 41.6 Å². The van der Waals surface area contributed by atoms with Crippen LogP contribution in [-0.2, 0) is 7.05 Å². The van der Waals surface area contributed by atoms with Crippen LogP contribution in [0, 0.1) is 12.3 Å². The van der Waals surface area contributed by atoms with Gasteiger partial charge >= 0.3 is 6.03 Å². The maximum atomic E-state index is 12.2. The molecule has 1 aliphatic carbocycles. The fourth-order valence-electron chi connectivity index (χ4n) is 2.99. The molecule has 1 saturated carbocycles. The Hall–Kier alpha value is -2.37. The summed E-state index contributed by atoms with van der Waals surface area (Å²) in [4.78, 5) is 12.2. The summed E-state index contributed by atoms with van der Waals surface area (Å²) in [5, 5.41) is 13.6. The van der Waals surface area contributed by atoms with Gasteiger partial charge in [0.2, 0.25) is 0 Å². The summed E-state index contributed by atoms with van der Waals surface area (Å²) in [5.41, 5.74) is 2.13. The zero-order valence-electron chi connectivity index (χ0n) is 13.3. The third kappa shape index (κ3) is 2.45. The highest BCUT2D eigenvalue weighted by Gasteiger charge is 2.59. The third-order valence-corrected chi connectivity index (χ3v) is 4.61. The summed E-state index contributed by atoms with van der Waals surface area (Å²) >= 11 is 0. The molecule has 0 radical (unpaired) electrons. The van der Waals surface area contributed by atoms with Crippen LogP contribution in [-0.4, -0.2) is 27.1 Å². The van der Waals surface area contributed by atoms with Gasteiger partial charge in [0.25, 0.3) is 0 Å². The summed E-state index contributed by atoms with van der Waals surface area (Å²) < 4.78 is 1.63. The van der Waals surface area contributed by atoms with Crippen molar-refractivity contribution in [3.63, 3.8) is 0 Å². The largest absolute Gasteiger partial charge is 0.334 e. The lowest BCUT2D eigenvalue weighted by Gasteiger charge is -2.07. The maximum Gasteiger partial charge on any atom is 0.320 e. The molecule has 2 N–H and O–H groups in total. The van der Waals surface area contributed by atoms with Crippen molar-refractivity contribution >= 4 is 11.8 Å². The minimum Gasteiger partial charge on any atom is -0.334 e. The molecule has 1 fully saturated rings. The van der Waals surface area contributed by atoms with Gasteiger partial charge in [-0.15, -0.1) is 5.10 Å². The number of benzene rings is 1. The first-order valence-electron chi connectivity index (χ1n) is 7.40. The number of aromatic nitrogens is 3. The predicted octanol–water partition coefficient (Wildman–Crippen LogP) is 2.44. The number of hydrogen-bond acceptors (Lipinski definition) is 3. The van der Waals surface area contributed by atoms with Crippen molar-refractivity contribution in [1.29, 1.82) is 0 Å². The van der Waals surface area contributed by atoms with Gasteiger partial charge < -0.3 is 5.32 Å². The molecular weight excluding hydrogens is 278 g/mol. The number of nitrogens with one attached hydrogen (secondary N) is 2. The molecule has 1 heterocycles. The van der Waals surface area contributed by atoms with E-state index in [2.05, 4.69) is 46.9 Å². The Kier molecular flexibility index (Phi) is 3.39. The Bertz CT molecular complexity index is 692. The first kappa shape index (κ1) is 14.6. The van der Waals surface area contributed by atoms with Gasteiger partial charge in [-0.05, 0) is 17.9 Å². The summed E-state index contributed by atoms with van der Waals surface area (Å²) in [6, 6.07) is 10.2. The molecule has 0 bridgehead atoms. The molecule has 1 aliphatic rings. The van der Waals surface area contributed by atoms with Gasteiger partial charge in [0.15, 0.2) is 5.82 Å². The molecule has 6 heteroatoms. The molecule has 3 rings (SSSR count). The second kappa shape index (κ2) is 5.12. The van der Waals surface area contributed by atoms with Crippen LogP contribution < -0.4 is 10.6 Å². The van der Waals surface area contributed by atoms with E-state index in [0.29, 0.717) is 11.7 Å². The average Bonchev–Trinajstić information content (AvgIpc) is 2.88. The molecular formula is C16H21N5O. The van der Waals surface area contributed by atoms with E-state index >= 15 is 0 Å². The van der Waals surface area contributed by atoms with Crippen molar-refractivity contribution in [2.45, 2.75) is 32.7 Å². The molecule has 1 aromatic carbocycles. The molecule has 0 aliphatic heterocycles. The summed E-state index contributed by atoms with van der Waals surface area (Å²) in [7, 11) is 1.79. The third-order valence-electron chi connectivity index (χ3n) is 4.61. The Labute approximate surface area is 129 Å². The normalized spacial score (nSPS) is 22.2. The van der Waals surface area contributed by atoms with Crippen molar-refractivity contribution in [3.8, 4) is 0 Å². The van der Waals surface area contributed by atoms with Gasteiger partial charge in [-0.25, -0.2) is 4.79 Å². The summed E-state index contributed by atoms with van der Waals surface area (Å²) in [5.74, 6) is 0.831. The maximum absolute atomic E-state index is 12.2. The van der Waals surface area contributed by atoms with Crippen LogP contribution in [0.2, 0.25) is 0 Å². The van der Waals surface area contributed by atoms with Crippen LogP contribution in [0.25, 0.3) is 0 Å². The molecule has 0 unspecified atom stereocenters. The van der Waals surface area contributed by atoms with Gasteiger partial charge in [-0.3, -0.25) is 10.00 Å². The van der Waals surface area contributed by atoms with Crippen molar-refractivity contribution in [2.75, 3.05) is 5.32 Å². The first-order chi connectivity index (χ1) is 10.4. The standard InChI is InChI=1S/C16H21N5O/c1-10-14(19-20-21(10)4)18-15(22)17-13-12(16(13,2)3)11-8-6-5-7-9-11/h5-9,12-13H,1-4H3,(H2,17,18,22)/t12-,13-/m0/s1. The Morgan fingerprint density at radius 1 is 1.27 bits per heavy atom. The fourth-order valence-corrected chi connectivity index (χ4v) is 2.99. The van der Waals surface area contributed by atoms with E-state index in [-0.39, 0.29) is 17.5 Å². The molecule has 22 heavy (non-hydrogen) atoms. The SMILES string of the molecule is Cc1c(NC(=O)N[C@H]2[C@H](c3ccccc3)C2(C)C)nnn1C. The van der Waals surface area contributed by atoms with E-state index in [1.807, 2.05) is 25.1 Å². The molecule has 2 atom stereocenters. The van der Waals surface area contributed by atoms with E-state index in [4.69, 9.17) is 0 Å². The number of hydrogen-bond donors (Lipinski definition) is 2. The number of nitrogens with zero attached hydrogens (tertiary/aromatic N) is 3. The van der Waals surface area contributed by atoms with Crippen LogP contribution >= 0.6 is 0 Å². The van der Waals surface area contributed by atoms with Crippen molar-refractivity contribution in [2.24, 2.45) is 12.5 Å². The topological polar surface area (TPSA) is 71.8 Å². The average molecular weight is 299 g/mol. The molecule has 1 aromatic heterocycles. The van der Waals surface area contributed by atoms with Crippen LogP contribution in [0.15, 0.2) is 30.3 Å². The van der Waals surface area contributed by atoms with E-state index in [9.17, 15) is 4.79 Å². The van der Waals surface area contributed by atoms with Crippen LogP contribution in [0.1, 0.15) is 31.0 Å². The number of amides is 2. The number of urea groups is 1. The van der Waals surface area contributed by atoms with Gasteiger partial charge in [0.05, 0.1) is 5.69 Å². The Morgan fingerprint density at radius 2 is 1.95 bits per heavy atom. The fraction of sp³-hybridized carbons (Fsp3) is 0.438. The zero-order valence-corrected chi connectivity index (χ0v) is 13.3. The number of aryl methyl sites for hydroxylation is 1. The monoisotopic (exact) mass is 299 g/mol. The van der Waals surface area contributed by atoms with Crippen LogP contribution in [0.5, 0.6) is 0 Å². The molecule has 116 valence electrons.